The third-order valence-electron chi connectivity index (χ3n) is 5.21. The second-order valence-electron chi connectivity index (χ2n) is 6.73. The van der Waals surface area contributed by atoms with E-state index in [0.717, 1.165) is 22.2 Å². The smallest absolute Gasteiger partial charge is 0.237 e. The summed E-state index contributed by atoms with van der Waals surface area (Å²) in [6.07, 6.45) is 6.07. The van der Waals surface area contributed by atoms with Gasteiger partial charge in [-0.3, -0.25) is 4.79 Å². The Kier molecular flexibility index (Phi) is 5.27. The number of ether oxygens (including phenoxy) is 1. The molecule has 1 amide bonds. The molecule has 0 bridgehead atoms. The summed E-state index contributed by atoms with van der Waals surface area (Å²) in [5.74, 6) is 1.61. The van der Waals surface area contributed by atoms with Gasteiger partial charge in [-0.1, -0.05) is 18.9 Å². The molecule has 1 heterocycles. The molecule has 3 rings (SSSR count). The van der Waals surface area contributed by atoms with E-state index in [1.807, 2.05) is 25.1 Å². The van der Waals surface area contributed by atoms with Crippen LogP contribution in [-0.4, -0.2) is 25.1 Å². The first-order chi connectivity index (χ1) is 11.1. The Labute approximate surface area is 146 Å². The lowest BCUT2D eigenvalue weighted by molar-refractivity contribution is -0.123. The largest absolute Gasteiger partial charge is 0.496 e. The third kappa shape index (κ3) is 3.72. The fourth-order valence-corrected chi connectivity index (χ4v) is 4.43. The third-order valence-corrected chi connectivity index (χ3v) is 5.83. The zero-order valence-electron chi connectivity index (χ0n) is 13.8. The minimum absolute atomic E-state index is 0.0193. The Hall–Kier alpha value is -1.07. The molecule has 1 saturated heterocycles. The Morgan fingerprint density at radius 3 is 2.87 bits per heavy atom. The summed E-state index contributed by atoms with van der Waals surface area (Å²) < 4.78 is 6.16. The van der Waals surface area contributed by atoms with E-state index >= 15 is 0 Å². The fraction of sp³-hybridized carbons (Fsp3) is 0.611. The number of amides is 1. The number of fused-ring (bicyclic) bond motifs is 1. The van der Waals surface area contributed by atoms with E-state index in [2.05, 4.69) is 26.6 Å². The molecule has 23 heavy (non-hydrogen) atoms. The summed E-state index contributed by atoms with van der Waals surface area (Å²) in [6, 6.07) is 6.42. The van der Waals surface area contributed by atoms with Crippen LogP contribution < -0.4 is 15.4 Å². The first kappa shape index (κ1) is 16.8. The number of carbonyl (C=O) groups is 1. The number of benzene rings is 1. The topological polar surface area (TPSA) is 50.4 Å². The number of hydrogen-bond acceptors (Lipinski definition) is 3. The normalized spacial score (nSPS) is 28.0. The van der Waals surface area contributed by atoms with Crippen LogP contribution in [0.2, 0.25) is 0 Å². The Balaban J connectivity index is 1.60. The quantitative estimate of drug-likeness (QED) is 0.839. The molecule has 0 aromatic heterocycles. The summed E-state index contributed by atoms with van der Waals surface area (Å²) in [7, 11) is 1.65. The van der Waals surface area contributed by atoms with Crippen LogP contribution in [-0.2, 0) is 4.79 Å². The molecule has 0 radical (unpaired) electrons. The van der Waals surface area contributed by atoms with Crippen LogP contribution in [0.1, 0.15) is 50.6 Å². The van der Waals surface area contributed by atoms with Gasteiger partial charge in [-0.05, 0) is 65.7 Å². The average Bonchev–Trinajstić information content (AvgIpc) is 2.99. The van der Waals surface area contributed by atoms with Gasteiger partial charge in [0.1, 0.15) is 5.75 Å². The molecule has 126 valence electrons. The van der Waals surface area contributed by atoms with Gasteiger partial charge in [-0.25, -0.2) is 0 Å². The van der Waals surface area contributed by atoms with E-state index in [0.29, 0.717) is 12.0 Å². The van der Waals surface area contributed by atoms with Crippen molar-refractivity contribution in [1.29, 1.82) is 0 Å². The van der Waals surface area contributed by atoms with Crippen molar-refractivity contribution in [3.8, 4) is 5.75 Å². The second-order valence-corrected chi connectivity index (χ2v) is 7.58. The summed E-state index contributed by atoms with van der Waals surface area (Å²) in [5.41, 5.74) is 1.07. The number of hydrogen-bond donors (Lipinski definition) is 2. The highest BCUT2D eigenvalue weighted by molar-refractivity contribution is 9.10. The molecule has 2 aliphatic rings. The molecular weight excluding hydrogens is 356 g/mol. The van der Waals surface area contributed by atoms with Crippen LogP contribution in [0.3, 0.4) is 0 Å². The van der Waals surface area contributed by atoms with Crippen LogP contribution >= 0.6 is 15.9 Å². The lowest BCUT2D eigenvalue weighted by atomic mass is 9.85. The fourth-order valence-electron chi connectivity index (χ4n) is 3.87. The van der Waals surface area contributed by atoms with Crippen LogP contribution in [0.5, 0.6) is 5.75 Å². The van der Waals surface area contributed by atoms with Crippen molar-refractivity contribution in [2.24, 2.45) is 5.92 Å². The highest BCUT2D eigenvalue weighted by Crippen LogP contribution is 2.33. The van der Waals surface area contributed by atoms with Gasteiger partial charge in [-0.2, -0.15) is 0 Å². The monoisotopic (exact) mass is 380 g/mol. The predicted octanol–water partition coefficient (Wildman–Crippen LogP) is 3.56. The number of carbonyl (C=O) groups excluding carboxylic acids is 1. The van der Waals surface area contributed by atoms with Gasteiger partial charge in [0.05, 0.1) is 23.7 Å². The molecule has 2 N–H and O–H groups in total. The molecule has 4 unspecified atom stereocenters. The van der Waals surface area contributed by atoms with Gasteiger partial charge in [0, 0.05) is 6.04 Å². The van der Waals surface area contributed by atoms with Crippen LogP contribution in [0.4, 0.5) is 0 Å². The number of halogens is 1. The maximum absolute atomic E-state index is 12.6. The number of rotatable bonds is 4. The van der Waals surface area contributed by atoms with Crippen LogP contribution in [0.15, 0.2) is 22.7 Å². The van der Waals surface area contributed by atoms with E-state index < -0.39 is 0 Å². The molecule has 1 aliphatic carbocycles. The first-order valence-electron chi connectivity index (χ1n) is 8.48. The summed E-state index contributed by atoms with van der Waals surface area (Å²) in [5, 5.41) is 6.69. The van der Waals surface area contributed by atoms with Crippen LogP contribution in [0, 0.1) is 5.92 Å². The maximum atomic E-state index is 12.6. The van der Waals surface area contributed by atoms with Gasteiger partial charge < -0.3 is 15.4 Å². The predicted molar refractivity (Wildman–Crippen MR) is 94.5 cm³/mol. The average molecular weight is 381 g/mol. The Bertz CT molecular complexity index is 564. The molecule has 4 atom stereocenters. The van der Waals surface area contributed by atoms with Crippen molar-refractivity contribution in [3.05, 3.63) is 28.2 Å². The minimum atomic E-state index is -0.0350. The summed E-state index contributed by atoms with van der Waals surface area (Å²) in [4.78, 5) is 12.6. The first-order valence-corrected chi connectivity index (χ1v) is 9.27. The maximum Gasteiger partial charge on any atom is 0.237 e. The van der Waals surface area contributed by atoms with Crippen LogP contribution in [0.25, 0.3) is 0 Å². The van der Waals surface area contributed by atoms with Gasteiger partial charge in [0.2, 0.25) is 5.91 Å². The van der Waals surface area contributed by atoms with Crippen molar-refractivity contribution in [2.45, 2.75) is 57.2 Å². The lowest BCUT2D eigenvalue weighted by Crippen LogP contribution is -2.43. The molecule has 2 fully saturated rings. The van der Waals surface area contributed by atoms with Crippen molar-refractivity contribution in [3.63, 3.8) is 0 Å². The standard InChI is InChI=1S/C18H25BrN2O2/c1-11(12-7-8-17(23-2)14(19)9-12)20-18(22)16-10-13-5-3-4-6-15(13)21-16/h7-9,11,13,15-16,21H,3-6,10H2,1-2H3,(H,20,22). The van der Waals surface area contributed by atoms with Gasteiger partial charge in [-0.15, -0.1) is 0 Å². The second kappa shape index (κ2) is 7.22. The van der Waals surface area contributed by atoms with Crippen molar-refractivity contribution >= 4 is 21.8 Å². The molecule has 1 aromatic rings. The summed E-state index contributed by atoms with van der Waals surface area (Å²) in [6.45, 7) is 2.02. The molecule has 1 saturated carbocycles. The molecule has 5 heteroatoms. The van der Waals surface area contributed by atoms with Crippen molar-refractivity contribution in [2.75, 3.05) is 7.11 Å². The van der Waals surface area contributed by atoms with E-state index in [9.17, 15) is 4.79 Å². The molecule has 1 aromatic carbocycles. The van der Waals surface area contributed by atoms with Gasteiger partial charge in [0.25, 0.3) is 0 Å². The zero-order chi connectivity index (χ0) is 16.4. The lowest BCUT2D eigenvalue weighted by Gasteiger charge is -2.24. The highest BCUT2D eigenvalue weighted by Gasteiger charge is 2.38. The van der Waals surface area contributed by atoms with E-state index in [1.165, 1.54) is 25.7 Å². The van der Waals surface area contributed by atoms with Crippen molar-refractivity contribution < 1.29 is 9.53 Å². The number of nitrogens with one attached hydrogen (secondary N) is 2. The van der Waals surface area contributed by atoms with Gasteiger partial charge in [0.15, 0.2) is 0 Å². The highest BCUT2D eigenvalue weighted by atomic mass is 79.9. The molecular formula is C18H25BrN2O2. The minimum Gasteiger partial charge on any atom is -0.496 e. The Morgan fingerprint density at radius 1 is 1.39 bits per heavy atom. The molecule has 0 spiro atoms. The molecule has 1 aliphatic heterocycles. The van der Waals surface area contributed by atoms with Crippen molar-refractivity contribution in [1.82, 2.24) is 10.6 Å². The van der Waals surface area contributed by atoms with E-state index in [4.69, 9.17) is 4.74 Å². The molecule has 4 nitrogen and oxygen atoms in total. The van der Waals surface area contributed by atoms with Gasteiger partial charge >= 0.3 is 0 Å². The number of methoxy groups -OCH3 is 1. The SMILES string of the molecule is COc1ccc(C(C)NC(=O)C2CC3CCCCC3N2)cc1Br. The van der Waals surface area contributed by atoms with E-state index in [-0.39, 0.29) is 18.0 Å². The summed E-state index contributed by atoms with van der Waals surface area (Å²) >= 11 is 3.50. The zero-order valence-corrected chi connectivity index (χ0v) is 15.4. The Morgan fingerprint density at radius 2 is 2.17 bits per heavy atom. The van der Waals surface area contributed by atoms with E-state index in [1.54, 1.807) is 7.11 Å².